The number of rotatable bonds is 4. The Morgan fingerprint density at radius 1 is 1.41 bits per heavy atom. The SMILES string of the molecule is Cl.Nc1cnccc1NCCN1CCOCC1. The summed E-state index contributed by atoms with van der Waals surface area (Å²) in [6, 6.07) is 1.90. The molecule has 0 bridgehead atoms. The van der Waals surface area contributed by atoms with Gasteiger partial charge < -0.3 is 15.8 Å². The van der Waals surface area contributed by atoms with Gasteiger partial charge >= 0.3 is 0 Å². The number of nitrogens with one attached hydrogen (secondary N) is 1. The first-order valence-electron chi connectivity index (χ1n) is 5.60. The predicted octanol–water partition coefficient (Wildman–Crippen LogP) is 0.830. The second-order valence-electron chi connectivity index (χ2n) is 3.84. The zero-order valence-electron chi connectivity index (χ0n) is 9.76. The number of hydrogen-bond donors (Lipinski definition) is 2. The van der Waals surface area contributed by atoms with E-state index in [-0.39, 0.29) is 12.4 Å². The number of halogens is 1. The van der Waals surface area contributed by atoms with E-state index in [1.807, 2.05) is 6.07 Å². The van der Waals surface area contributed by atoms with Crippen LogP contribution in [0.2, 0.25) is 0 Å². The van der Waals surface area contributed by atoms with Gasteiger partial charge in [-0.25, -0.2) is 0 Å². The molecule has 1 aromatic rings. The molecular weight excluding hydrogens is 240 g/mol. The maximum Gasteiger partial charge on any atom is 0.0736 e. The molecule has 1 aliphatic rings. The van der Waals surface area contributed by atoms with E-state index in [1.165, 1.54) is 0 Å². The second-order valence-corrected chi connectivity index (χ2v) is 3.84. The van der Waals surface area contributed by atoms with Gasteiger partial charge in [0.15, 0.2) is 0 Å². The molecule has 6 heteroatoms. The molecule has 2 heterocycles. The zero-order chi connectivity index (χ0) is 11.2. The molecule has 17 heavy (non-hydrogen) atoms. The Hall–Kier alpha value is -1.04. The molecule has 0 radical (unpaired) electrons. The van der Waals surface area contributed by atoms with Crippen LogP contribution in [-0.4, -0.2) is 49.3 Å². The van der Waals surface area contributed by atoms with Crippen LogP contribution in [0.3, 0.4) is 0 Å². The van der Waals surface area contributed by atoms with E-state index in [0.29, 0.717) is 5.69 Å². The van der Waals surface area contributed by atoms with E-state index in [4.69, 9.17) is 10.5 Å². The molecule has 0 atom stereocenters. The quantitative estimate of drug-likeness (QED) is 0.838. The van der Waals surface area contributed by atoms with Crippen LogP contribution in [0.15, 0.2) is 18.5 Å². The summed E-state index contributed by atoms with van der Waals surface area (Å²) in [5.41, 5.74) is 7.44. The number of nitrogens with two attached hydrogens (primary N) is 1. The van der Waals surface area contributed by atoms with E-state index in [9.17, 15) is 0 Å². The number of morpholine rings is 1. The van der Waals surface area contributed by atoms with Crippen molar-refractivity contribution >= 4 is 23.8 Å². The molecule has 3 N–H and O–H groups in total. The topological polar surface area (TPSA) is 63.4 Å². The Morgan fingerprint density at radius 2 is 2.18 bits per heavy atom. The third-order valence-corrected chi connectivity index (χ3v) is 2.70. The fourth-order valence-corrected chi connectivity index (χ4v) is 1.74. The molecule has 0 amide bonds. The standard InChI is InChI=1S/C11H18N4O.ClH/c12-10-9-13-2-1-11(10)14-3-4-15-5-7-16-8-6-15;/h1-2,9H,3-8,12H2,(H,13,14);1H. The normalized spacial score (nSPS) is 16.2. The molecule has 0 spiro atoms. The van der Waals surface area contributed by atoms with Crippen molar-refractivity contribution in [2.24, 2.45) is 0 Å². The van der Waals surface area contributed by atoms with Gasteiger partial charge in [0, 0.05) is 32.4 Å². The third kappa shape index (κ3) is 4.38. The van der Waals surface area contributed by atoms with Gasteiger partial charge in [-0.1, -0.05) is 0 Å². The summed E-state index contributed by atoms with van der Waals surface area (Å²) < 4.78 is 5.29. The highest BCUT2D eigenvalue weighted by Gasteiger charge is 2.09. The Labute approximate surface area is 108 Å². The minimum Gasteiger partial charge on any atom is -0.396 e. The summed E-state index contributed by atoms with van der Waals surface area (Å²) in [7, 11) is 0. The molecule has 0 aromatic carbocycles. The molecule has 1 saturated heterocycles. The molecule has 0 aliphatic carbocycles. The molecular formula is C11H19ClN4O. The van der Waals surface area contributed by atoms with Gasteiger partial charge in [-0.3, -0.25) is 9.88 Å². The Bertz CT molecular complexity index is 331. The van der Waals surface area contributed by atoms with Crippen molar-refractivity contribution in [2.75, 3.05) is 50.4 Å². The monoisotopic (exact) mass is 258 g/mol. The maximum atomic E-state index is 5.78. The first-order valence-corrected chi connectivity index (χ1v) is 5.60. The lowest BCUT2D eigenvalue weighted by molar-refractivity contribution is 0.0398. The van der Waals surface area contributed by atoms with Gasteiger partial charge in [0.1, 0.15) is 0 Å². The first-order chi connectivity index (χ1) is 7.86. The lowest BCUT2D eigenvalue weighted by atomic mass is 10.3. The van der Waals surface area contributed by atoms with Gasteiger partial charge in [0.05, 0.1) is 30.8 Å². The molecule has 1 fully saturated rings. The second kappa shape index (κ2) is 7.32. The van der Waals surface area contributed by atoms with Crippen molar-refractivity contribution in [3.63, 3.8) is 0 Å². The Morgan fingerprint density at radius 3 is 2.88 bits per heavy atom. The highest BCUT2D eigenvalue weighted by atomic mass is 35.5. The van der Waals surface area contributed by atoms with Crippen LogP contribution in [-0.2, 0) is 4.74 Å². The van der Waals surface area contributed by atoms with E-state index >= 15 is 0 Å². The number of nitrogens with zero attached hydrogens (tertiary/aromatic N) is 2. The number of hydrogen-bond acceptors (Lipinski definition) is 5. The van der Waals surface area contributed by atoms with Crippen LogP contribution < -0.4 is 11.1 Å². The van der Waals surface area contributed by atoms with E-state index in [1.54, 1.807) is 12.4 Å². The molecule has 1 aliphatic heterocycles. The van der Waals surface area contributed by atoms with Crippen molar-refractivity contribution in [3.8, 4) is 0 Å². The van der Waals surface area contributed by atoms with E-state index in [2.05, 4.69) is 15.2 Å². The highest BCUT2D eigenvalue weighted by molar-refractivity contribution is 5.85. The average Bonchev–Trinajstić information content (AvgIpc) is 2.33. The Balaban J connectivity index is 0.00000144. The summed E-state index contributed by atoms with van der Waals surface area (Å²) in [4.78, 5) is 6.33. The van der Waals surface area contributed by atoms with Crippen molar-refractivity contribution in [1.29, 1.82) is 0 Å². The largest absolute Gasteiger partial charge is 0.396 e. The number of aromatic nitrogens is 1. The third-order valence-electron chi connectivity index (χ3n) is 2.70. The average molecular weight is 259 g/mol. The van der Waals surface area contributed by atoms with Crippen LogP contribution in [0.1, 0.15) is 0 Å². The van der Waals surface area contributed by atoms with Crippen LogP contribution in [0.5, 0.6) is 0 Å². The summed E-state index contributed by atoms with van der Waals surface area (Å²) in [5, 5.41) is 3.31. The van der Waals surface area contributed by atoms with Crippen LogP contribution in [0.25, 0.3) is 0 Å². The molecule has 5 nitrogen and oxygen atoms in total. The number of nitrogen functional groups attached to an aromatic ring is 1. The van der Waals surface area contributed by atoms with Crippen LogP contribution >= 0.6 is 12.4 Å². The Kier molecular flexibility index (Phi) is 6.04. The van der Waals surface area contributed by atoms with Crippen LogP contribution in [0.4, 0.5) is 11.4 Å². The number of anilines is 2. The number of ether oxygens (including phenoxy) is 1. The minimum atomic E-state index is 0. The molecule has 1 aromatic heterocycles. The fourth-order valence-electron chi connectivity index (χ4n) is 1.74. The highest BCUT2D eigenvalue weighted by Crippen LogP contribution is 2.14. The summed E-state index contributed by atoms with van der Waals surface area (Å²) in [6.45, 7) is 5.65. The van der Waals surface area contributed by atoms with Crippen molar-refractivity contribution in [1.82, 2.24) is 9.88 Å². The van der Waals surface area contributed by atoms with Crippen molar-refractivity contribution < 1.29 is 4.74 Å². The van der Waals surface area contributed by atoms with Gasteiger partial charge in [-0.05, 0) is 6.07 Å². The lowest BCUT2D eigenvalue weighted by Gasteiger charge is -2.26. The van der Waals surface area contributed by atoms with Gasteiger partial charge in [0.2, 0.25) is 0 Å². The van der Waals surface area contributed by atoms with Crippen molar-refractivity contribution in [2.45, 2.75) is 0 Å². The smallest absolute Gasteiger partial charge is 0.0736 e. The van der Waals surface area contributed by atoms with Gasteiger partial charge in [-0.15, -0.1) is 12.4 Å². The summed E-state index contributed by atoms with van der Waals surface area (Å²) >= 11 is 0. The fraction of sp³-hybridized carbons (Fsp3) is 0.545. The molecule has 0 saturated carbocycles. The minimum absolute atomic E-state index is 0. The van der Waals surface area contributed by atoms with Gasteiger partial charge in [0.25, 0.3) is 0 Å². The van der Waals surface area contributed by atoms with E-state index in [0.717, 1.165) is 45.1 Å². The summed E-state index contributed by atoms with van der Waals surface area (Å²) in [6.07, 6.45) is 3.41. The van der Waals surface area contributed by atoms with Gasteiger partial charge in [-0.2, -0.15) is 0 Å². The molecule has 0 unspecified atom stereocenters. The first kappa shape index (κ1) is 14.0. The molecule has 2 rings (SSSR count). The summed E-state index contributed by atoms with van der Waals surface area (Å²) in [5.74, 6) is 0. The molecule has 96 valence electrons. The number of pyridine rings is 1. The maximum absolute atomic E-state index is 5.78. The zero-order valence-corrected chi connectivity index (χ0v) is 10.6. The van der Waals surface area contributed by atoms with Crippen molar-refractivity contribution in [3.05, 3.63) is 18.5 Å². The van der Waals surface area contributed by atoms with E-state index < -0.39 is 0 Å². The lowest BCUT2D eigenvalue weighted by Crippen LogP contribution is -2.39. The van der Waals surface area contributed by atoms with Crippen LogP contribution in [0, 0.1) is 0 Å². The predicted molar refractivity (Wildman–Crippen MR) is 71.6 cm³/mol.